The van der Waals surface area contributed by atoms with E-state index in [1.165, 1.54) is 0 Å². The van der Waals surface area contributed by atoms with E-state index in [-0.39, 0.29) is 0 Å². The lowest BCUT2D eigenvalue weighted by molar-refractivity contribution is -0.111. The molecule has 0 fully saturated rings. The van der Waals surface area contributed by atoms with E-state index in [1.807, 2.05) is 0 Å². The van der Waals surface area contributed by atoms with Crippen LogP contribution in [0.1, 0.15) is 19.8 Å². The van der Waals surface area contributed by atoms with Gasteiger partial charge in [0.05, 0.1) is 5.54 Å². The van der Waals surface area contributed by atoms with Gasteiger partial charge in [0.15, 0.2) is 0 Å². The van der Waals surface area contributed by atoms with Crippen LogP contribution in [0.3, 0.4) is 0 Å². The van der Waals surface area contributed by atoms with Crippen molar-refractivity contribution in [3.63, 3.8) is 0 Å². The third-order valence-corrected chi connectivity index (χ3v) is 0.985. The predicted octanol–water partition coefficient (Wildman–Crippen LogP) is 0.517. The van der Waals surface area contributed by atoms with E-state index in [0.717, 1.165) is 6.29 Å². The van der Waals surface area contributed by atoms with Crippen molar-refractivity contribution in [1.82, 2.24) is 0 Å². The standard InChI is InChI=1S/C6H12NO/c1-3-4-6(2,7)5-8/h5H,1,3-4,7H2,2H3. The normalized spacial score (nSPS) is 17.4. The third-order valence-electron chi connectivity index (χ3n) is 0.985. The number of aldehydes is 1. The molecule has 8 heavy (non-hydrogen) atoms. The van der Waals surface area contributed by atoms with Crippen LogP contribution in [0, 0.1) is 6.92 Å². The molecule has 0 heterocycles. The molecule has 0 saturated carbocycles. The molecular formula is C6H12NO. The Balaban J connectivity index is 3.53. The monoisotopic (exact) mass is 114 g/mol. The van der Waals surface area contributed by atoms with E-state index in [9.17, 15) is 4.79 Å². The van der Waals surface area contributed by atoms with Crippen LogP contribution in [-0.4, -0.2) is 11.8 Å². The molecule has 0 rings (SSSR count). The summed E-state index contributed by atoms with van der Waals surface area (Å²) >= 11 is 0. The van der Waals surface area contributed by atoms with Gasteiger partial charge >= 0.3 is 0 Å². The van der Waals surface area contributed by atoms with Gasteiger partial charge < -0.3 is 10.5 Å². The fourth-order valence-corrected chi connectivity index (χ4v) is 0.440. The first-order valence-corrected chi connectivity index (χ1v) is 2.67. The summed E-state index contributed by atoms with van der Waals surface area (Å²) in [5, 5.41) is 0. The van der Waals surface area contributed by atoms with E-state index in [0.29, 0.717) is 12.8 Å². The summed E-state index contributed by atoms with van der Waals surface area (Å²) in [6.45, 7) is 5.28. The molecule has 0 aliphatic rings. The van der Waals surface area contributed by atoms with Gasteiger partial charge in [-0.2, -0.15) is 0 Å². The van der Waals surface area contributed by atoms with Gasteiger partial charge in [-0.3, -0.25) is 0 Å². The van der Waals surface area contributed by atoms with Gasteiger partial charge in [-0.05, 0) is 13.3 Å². The Kier molecular flexibility index (Phi) is 2.69. The number of hydrogen-bond donors (Lipinski definition) is 1. The highest BCUT2D eigenvalue weighted by atomic mass is 16.1. The zero-order valence-electron chi connectivity index (χ0n) is 5.18. The summed E-state index contributed by atoms with van der Waals surface area (Å²) in [5.41, 5.74) is 4.77. The van der Waals surface area contributed by atoms with Gasteiger partial charge in [0.2, 0.25) is 0 Å². The van der Waals surface area contributed by atoms with E-state index in [1.54, 1.807) is 6.92 Å². The summed E-state index contributed by atoms with van der Waals surface area (Å²) in [7, 11) is 0. The topological polar surface area (TPSA) is 43.1 Å². The average Bonchev–Trinajstić information content (AvgIpc) is 1.67. The highest BCUT2D eigenvalue weighted by molar-refractivity contribution is 5.62. The fourth-order valence-electron chi connectivity index (χ4n) is 0.440. The second-order valence-corrected chi connectivity index (χ2v) is 2.23. The molecule has 0 aromatic rings. The Hall–Kier alpha value is -0.370. The molecule has 0 amide bonds. The minimum Gasteiger partial charge on any atom is -0.319 e. The van der Waals surface area contributed by atoms with Crippen LogP contribution < -0.4 is 5.73 Å². The maximum absolute atomic E-state index is 10.1. The van der Waals surface area contributed by atoms with Crippen molar-refractivity contribution in [3.8, 4) is 0 Å². The maximum atomic E-state index is 10.1. The number of carbonyl (C=O) groups excluding carboxylic acids is 1. The highest BCUT2D eigenvalue weighted by Gasteiger charge is 2.13. The smallest absolute Gasteiger partial charge is 0.139 e. The number of nitrogens with two attached hydrogens (primary N) is 1. The molecule has 2 N–H and O–H groups in total. The Bertz CT molecular complexity index is 78.6. The highest BCUT2D eigenvalue weighted by Crippen LogP contribution is 2.02. The average molecular weight is 114 g/mol. The van der Waals surface area contributed by atoms with Crippen LogP contribution in [0.4, 0.5) is 0 Å². The summed E-state index contributed by atoms with van der Waals surface area (Å²) in [6, 6.07) is 0. The minimum atomic E-state index is -0.651. The van der Waals surface area contributed by atoms with E-state index in [4.69, 9.17) is 5.73 Å². The predicted molar refractivity (Wildman–Crippen MR) is 33.2 cm³/mol. The van der Waals surface area contributed by atoms with Crippen LogP contribution in [0.15, 0.2) is 0 Å². The minimum absolute atomic E-state index is 0.651. The Labute approximate surface area is 50.1 Å². The lowest BCUT2D eigenvalue weighted by Gasteiger charge is -2.13. The zero-order valence-corrected chi connectivity index (χ0v) is 5.18. The molecule has 0 saturated heterocycles. The summed E-state index contributed by atoms with van der Waals surface area (Å²) in [5.74, 6) is 0. The van der Waals surface area contributed by atoms with Gasteiger partial charge in [-0.1, -0.05) is 13.3 Å². The first-order chi connectivity index (χ1) is 3.62. The molecule has 0 aromatic carbocycles. The molecule has 0 aliphatic carbocycles. The molecule has 1 atom stereocenters. The van der Waals surface area contributed by atoms with E-state index in [2.05, 4.69) is 6.92 Å². The van der Waals surface area contributed by atoms with Gasteiger partial charge in [0.25, 0.3) is 0 Å². The number of carbonyl (C=O) groups is 1. The first-order valence-electron chi connectivity index (χ1n) is 2.67. The number of hydrogen-bond acceptors (Lipinski definition) is 2. The van der Waals surface area contributed by atoms with E-state index >= 15 is 0 Å². The van der Waals surface area contributed by atoms with Crippen molar-refractivity contribution in [3.05, 3.63) is 6.92 Å². The Morgan fingerprint density at radius 1 is 1.88 bits per heavy atom. The molecule has 2 heteroatoms. The Morgan fingerprint density at radius 3 is 2.50 bits per heavy atom. The van der Waals surface area contributed by atoms with Crippen molar-refractivity contribution < 1.29 is 4.79 Å². The second-order valence-electron chi connectivity index (χ2n) is 2.23. The van der Waals surface area contributed by atoms with Gasteiger partial charge in [-0.15, -0.1) is 0 Å². The fraction of sp³-hybridized carbons (Fsp3) is 0.667. The number of rotatable bonds is 3. The first kappa shape index (κ1) is 7.63. The van der Waals surface area contributed by atoms with Crippen LogP contribution in [-0.2, 0) is 4.79 Å². The molecule has 0 bridgehead atoms. The van der Waals surface area contributed by atoms with Crippen molar-refractivity contribution in [2.75, 3.05) is 0 Å². The molecule has 47 valence electrons. The summed E-state index contributed by atoms with van der Waals surface area (Å²) in [6.07, 6.45) is 2.14. The van der Waals surface area contributed by atoms with Crippen LogP contribution >= 0.6 is 0 Å². The lowest BCUT2D eigenvalue weighted by Crippen LogP contribution is -2.37. The van der Waals surface area contributed by atoms with Crippen LogP contribution in [0.25, 0.3) is 0 Å². The maximum Gasteiger partial charge on any atom is 0.139 e. The SMILES string of the molecule is [CH2]CCC(C)(N)C=O. The third kappa shape index (κ3) is 2.75. The van der Waals surface area contributed by atoms with Gasteiger partial charge in [0, 0.05) is 0 Å². The van der Waals surface area contributed by atoms with Crippen molar-refractivity contribution in [1.29, 1.82) is 0 Å². The van der Waals surface area contributed by atoms with Gasteiger partial charge in [0.1, 0.15) is 6.29 Å². The van der Waals surface area contributed by atoms with Crippen molar-refractivity contribution in [2.45, 2.75) is 25.3 Å². The van der Waals surface area contributed by atoms with Crippen LogP contribution in [0.5, 0.6) is 0 Å². The quantitative estimate of drug-likeness (QED) is 0.543. The molecule has 1 radical (unpaired) electrons. The molecule has 1 unspecified atom stereocenters. The summed E-state index contributed by atoms with van der Waals surface area (Å²) < 4.78 is 0. The zero-order chi connectivity index (χ0) is 6.62. The van der Waals surface area contributed by atoms with Crippen molar-refractivity contribution in [2.24, 2.45) is 5.73 Å². The Morgan fingerprint density at radius 2 is 2.38 bits per heavy atom. The summed E-state index contributed by atoms with van der Waals surface area (Å²) in [4.78, 5) is 10.1. The lowest BCUT2D eigenvalue weighted by atomic mass is 10.0. The van der Waals surface area contributed by atoms with E-state index < -0.39 is 5.54 Å². The van der Waals surface area contributed by atoms with Gasteiger partial charge in [-0.25, -0.2) is 0 Å². The largest absolute Gasteiger partial charge is 0.319 e. The molecule has 0 aromatic heterocycles. The second kappa shape index (κ2) is 2.82. The molecule has 0 spiro atoms. The molecule has 0 aliphatic heterocycles. The molecule has 2 nitrogen and oxygen atoms in total. The molecular weight excluding hydrogens is 102 g/mol. The van der Waals surface area contributed by atoms with Crippen LogP contribution in [0.2, 0.25) is 0 Å². The van der Waals surface area contributed by atoms with Crippen molar-refractivity contribution >= 4 is 6.29 Å².